The second kappa shape index (κ2) is 9.53. The van der Waals surface area contributed by atoms with Gasteiger partial charge in [0.2, 0.25) is 5.89 Å². The Hall–Kier alpha value is -1.47. The largest absolute Gasteiger partial charge is 0.383 e. The van der Waals surface area contributed by atoms with E-state index in [4.69, 9.17) is 15.0 Å². The summed E-state index contributed by atoms with van der Waals surface area (Å²) in [6, 6.07) is 10.6. The van der Waals surface area contributed by atoms with Crippen molar-refractivity contribution in [2.75, 3.05) is 20.3 Å². The van der Waals surface area contributed by atoms with E-state index in [1.54, 1.807) is 7.11 Å². The maximum atomic E-state index is 5.50. The quantitative estimate of drug-likeness (QED) is 0.801. The molecule has 0 aliphatic rings. The fourth-order valence-electron chi connectivity index (χ4n) is 2.18. The molecule has 22 heavy (non-hydrogen) atoms. The van der Waals surface area contributed by atoms with E-state index in [0.29, 0.717) is 24.9 Å². The number of methoxy groups -OCH3 is 1. The van der Waals surface area contributed by atoms with Crippen molar-refractivity contribution in [3.05, 3.63) is 47.6 Å². The molecule has 1 unspecified atom stereocenters. The zero-order valence-corrected chi connectivity index (χ0v) is 13.8. The molecular weight excluding hydrogens is 304 g/mol. The zero-order chi connectivity index (χ0) is 15.1. The fraction of sp³-hybridized carbons (Fsp3) is 0.467. The van der Waals surface area contributed by atoms with Gasteiger partial charge in [0.05, 0.1) is 19.7 Å². The average molecular weight is 327 g/mol. The molecule has 0 saturated carbocycles. The second-order valence-corrected chi connectivity index (χ2v) is 4.86. The van der Waals surface area contributed by atoms with Crippen molar-refractivity contribution in [3.63, 3.8) is 0 Å². The van der Waals surface area contributed by atoms with Crippen LogP contribution in [-0.2, 0) is 17.8 Å². The molecule has 2 N–H and O–H groups in total. The first kappa shape index (κ1) is 18.6. The number of nitrogens with two attached hydrogens (primary N) is 1. The highest BCUT2D eigenvalue weighted by atomic mass is 35.5. The van der Waals surface area contributed by atoms with E-state index in [9.17, 15) is 0 Å². The normalized spacial score (nSPS) is 12.2. The number of rotatable bonds is 8. The van der Waals surface area contributed by atoms with Crippen LogP contribution < -0.4 is 5.73 Å². The Balaban J connectivity index is 0.00000242. The number of benzene rings is 1. The first-order valence-corrected chi connectivity index (χ1v) is 7.04. The Morgan fingerprint density at radius 1 is 1.32 bits per heavy atom. The number of hydrogen-bond donors (Lipinski definition) is 1. The van der Waals surface area contributed by atoms with Crippen LogP contribution in [0.25, 0.3) is 0 Å². The standard InChI is InChI=1S/C15H22N4O2.ClH/c1-12(13-6-4-3-5-7-13)19(8-9-20-2)11-14-17-15(10-16)21-18-14;/h3-7,12H,8-11,16H2,1-2H3;1H. The highest BCUT2D eigenvalue weighted by molar-refractivity contribution is 5.85. The van der Waals surface area contributed by atoms with Crippen LogP contribution in [0, 0.1) is 0 Å². The van der Waals surface area contributed by atoms with Crippen LogP contribution in [0.1, 0.15) is 30.2 Å². The van der Waals surface area contributed by atoms with E-state index < -0.39 is 0 Å². The van der Waals surface area contributed by atoms with Crippen LogP contribution in [-0.4, -0.2) is 35.3 Å². The van der Waals surface area contributed by atoms with Crippen LogP contribution in [0.2, 0.25) is 0 Å². The lowest BCUT2D eigenvalue weighted by molar-refractivity contribution is 0.117. The lowest BCUT2D eigenvalue weighted by Crippen LogP contribution is -2.30. The summed E-state index contributed by atoms with van der Waals surface area (Å²) in [5.41, 5.74) is 6.74. The number of halogens is 1. The van der Waals surface area contributed by atoms with Gasteiger partial charge in [0, 0.05) is 19.7 Å². The van der Waals surface area contributed by atoms with E-state index in [1.807, 2.05) is 18.2 Å². The van der Waals surface area contributed by atoms with Gasteiger partial charge in [-0.2, -0.15) is 4.98 Å². The summed E-state index contributed by atoms with van der Waals surface area (Å²) in [4.78, 5) is 6.52. The summed E-state index contributed by atoms with van der Waals surface area (Å²) in [6.45, 7) is 4.47. The first-order valence-electron chi connectivity index (χ1n) is 7.04. The third kappa shape index (κ3) is 5.06. The van der Waals surface area contributed by atoms with Crippen LogP contribution in [0.15, 0.2) is 34.9 Å². The molecule has 0 aliphatic carbocycles. The lowest BCUT2D eigenvalue weighted by Gasteiger charge is -2.28. The van der Waals surface area contributed by atoms with Crippen LogP contribution >= 0.6 is 12.4 Å². The number of aromatic nitrogens is 2. The number of nitrogens with zero attached hydrogens (tertiary/aromatic N) is 3. The van der Waals surface area contributed by atoms with Gasteiger partial charge in [-0.05, 0) is 12.5 Å². The van der Waals surface area contributed by atoms with Crippen LogP contribution in [0.3, 0.4) is 0 Å². The molecule has 0 spiro atoms. The van der Waals surface area contributed by atoms with Gasteiger partial charge in [0.25, 0.3) is 0 Å². The first-order chi connectivity index (χ1) is 10.2. The molecule has 0 bridgehead atoms. The van der Waals surface area contributed by atoms with Gasteiger partial charge < -0.3 is 15.0 Å². The highest BCUT2D eigenvalue weighted by Crippen LogP contribution is 2.21. The van der Waals surface area contributed by atoms with Crippen LogP contribution in [0.4, 0.5) is 0 Å². The molecule has 0 amide bonds. The second-order valence-electron chi connectivity index (χ2n) is 4.86. The number of ether oxygens (including phenoxy) is 1. The SMILES string of the molecule is COCCN(Cc1noc(CN)n1)C(C)c1ccccc1.Cl. The van der Waals surface area contributed by atoms with Crippen molar-refractivity contribution in [1.82, 2.24) is 15.0 Å². The van der Waals surface area contributed by atoms with Crippen LogP contribution in [0.5, 0.6) is 0 Å². The van der Waals surface area contributed by atoms with E-state index in [-0.39, 0.29) is 25.0 Å². The Bertz CT molecular complexity index is 535. The molecule has 0 radical (unpaired) electrons. The average Bonchev–Trinajstić information content (AvgIpc) is 2.99. The van der Waals surface area contributed by atoms with E-state index in [1.165, 1.54) is 5.56 Å². The van der Waals surface area contributed by atoms with Crippen molar-refractivity contribution < 1.29 is 9.26 Å². The van der Waals surface area contributed by atoms with Crippen molar-refractivity contribution in [3.8, 4) is 0 Å². The monoisotopic (exact) mass is 326 g/mol. The lowest BCUT2D eigenvalue weighted by atomic mass is 10.1. The van der Waals surface area contributed by atoms with E-state index in [2.05, 4.69) is 34.1 Å². The Labute approximate surface area is 137 Å². The van der Waals surface area contributed by atoms with Gasteiger partial charge in [-0.1, -0.05) is 35.5 Å². The molecule has 1 aromatic heterocycles. The molecule has 1 aromatic carbocycles. The van der Waals surface area contributed by atoms with Gasteiger partial charge in [-0.15, -0.1) is 12.4 Å². The van der Waals surface area contributed by atoms with Crippen molar-refractivity contribution >= 4 is 12.4 Å². The predicted molar refractivity (Wildman–Crippen MR) is 86.6 cm³/mol. The molecule has 1 atom stereocenters. The molecule has 7 heteroatoms. The van der Waals surface area contributed by atoms with Gasteiger partial charge in [0.1, 0.15) is 0 Å². The molecule has 0 aliphatic heterocycles. The zero-order valence-electron chi connectivity index (χ0n) is 12.9. The summed E-state index contributed by atoms with van der Waals surface area (Å²) >= 11 is 0. The molecule has 1 heterocycles. The molecule has 122 valence electrons. The minimum Gasteiger partial charge on any atom is -0.383 e. The third-order valence-electron chi connectivity index (χ3n) is 3.44. The topological polar surface area (TPSA) is 77.4 Å². The summed E-state index contributed by atoms with van der Waals surface area (Å²) in [6.07, 6.45) is 0. The summed E-state index contributed by atoms with van der Waals surface area (Å²) in [7, 11) is 1.70. The smallest absolute Gasteiger partial charge is 0.240 e. The predicted octanol–water partition coefficient (Wildman–Crippen LogP) is 2.16. The minimum absolute atomic E-state index is 0. The summed E-state index contributed by atoms with van der Waals surface area (Å²) in [5.74, 6) is 1.11. The minimum atomic E-state index is 0. The van der Waals surface area contributed by atoms with Gasteiger partial charge >= 0.3 is 0 Å². The van der Waals surface area contributed by atoms with Gasteiger partial charge in [-0.25, -0.2) is 0 Å². The van der Waals surface area contributed by atoms with Gasteiger partial charge in [0.15, 0.2) is 5.82 Å². The summed E-state index contributed by atoms with van der Waals surface area (Å²) in [5, 5.41) is 3.96. The Morgan fingerprint density at radius 2 is 2.05 bits per heavy atom. The van der Waals surface area contributed by atoms with Crippen molar-refractivity contribution in [2.24, 2.45) is 5.73 Å². The molecular formula is C15H23ClN4O2. The third-order valence-corrected chi connectivity index (χ3v) is 3.44. The fourth-order valence-corrected chi connectivity index (χ4v) is 2.18. The molecule has 2 rings (SSSR count). The molecule has 0 saturated heterocycles. The van der Waals surface area contributed by atoms with Gasteiger partial charge in [-0.3, -0.25) is 4.90 Å². The van der Waals surface area contributed by atoms with Crippen molar-refractivity contribution in [2.45, 2.75) is 26.1 Å². The maximum Gasteiger partial charge on any atom is 0.240 e. The van der Waals surface area contributed by atoms with E-state index >= 15 is 0 Å². The van der Waals surface area contributed by atoms with Crippen molar-refractivity contribution in [1.29, 1.82) is 0 Å². The Morgan fingerprint density at radius 3 is 2.64 bits per heavy atom. The highest BCUT2D eigenvalue weighted by Gasteiger charge is 2.18. The molecule has 0 fully saturated rings. The number of hydrogen-bond acceptors (Lipinski definition) is 6. The molecule has 6 nitrogen and oxygen atoms in total. The molecule has 2 aromatic rings. The maximum absolute atomic E-state index is 5.50. The Kier molecular flexibility index (Phi) is 8.05. The summed E-state index contributed by atoms with van der Waals surface area (Å²) < 4.78 is 10.3. The van der Waals surface area contributed by atoms with E-state index in [0.717, 1.165) is 6.54 Å².